The molecule has 1 aliphatic rings. The summed E-state index contributed by atoms with van der Waals surface area (Å²) in [5.74, 6) is 0.663. The van der Waals surface area contributed by atoms with Crippen molar-refractivity contribution in [1.29, 1.82) is 0 Å². The van der Waals surface area contributed by atoms with Crippen LogP contribution in [0.3, 0.4) is 0 Å². The number of rotatable bonds is 2. The quantitative estimate of drug-likeness (QED) is 0.730. The number of benzene rings is 1. The minimum absolute atomic E-state index is 0.0287. The average Bonchev–Trinajstić information content (AvgIpc) is 2.89. The van der Waals surface area contributed by atoms with Crippen molar-refractivity contribution in [3.63, 3.8) is 0 Å². The number of amides is 1. The smallest absolute Gasteiger partial charge is 0.256 e. The van der Waals surface area contributed by atoms with Gasteiger partial charge in [0, 0.05) is 21.0 Å². The van der Waals surface area contributed by atoms with E-state index in [1.165, 1.54) is 10.4 Å². The standard InChI is InChI=1S/C19H22ClNOS/c1-19(2,3)12-7-8-15-16(11-23-17(15)9-12)18(22)21-14-6-4-5-13(20)10-14/h4-6,10-12H,7-9H2,1-3H3,(H,21,22). The van der Waals surface area contributed by atoms with E-state index in [-0.39, 0.29) is 5.91 Å². The molecule has 4 heteroatoms. The fourth-order valence-electron chi connectivity index (χ4n) is 3.21. The highest BCUT2D eigenvalue weighted by atomic mass is 35.5. The highest BCUT2D eigenvalue weighted by molar-refractivity contribution is 7.10. The van der Waals surface area contributed by atoms with Crippen LogP contribution in [0.1, 0.15) is 48.0 Å². The number of hydrogen-bond acceptors (Lipinski definition) is 2. The maximum absolute atomic E-state index is 12.6. The third kappa shape index (κ3) is 3.61. The van der Waals surface area contributed by atoms with Crippen molar-refractivity contribution in [2.24, 2.45) is 11.3 Å². The topological polar surface area (TPSA) is 29.1 Å². The third-order valence-corrected chi connectivity index (χ3v) is 5.99. The van der Waals surface area contributed by atoms with E-state index in [9.17, 15) is 4.79 Å². The lowest BCUT2D eigenvalue weighted by atomic mass is 9.72. The minimum atomic E-state index is -0.0287. The molecule has 1 heterocycles. The first-order chi connectivity index (χ1) is 10.8. The second-order valence-electron chi connectivity index (χ2n) is 7.32. The number of halogens is 1. The SMILES string of the molecule is CC(C)(C)C1CCc2c(C(=O)Nc3cccc(Cl)c3)csc2C1. The Labute approximate surface area is 146 Å². The van der Waals surface area contributed by atoms with Crippen molar-refractivity contribution in [1.82, 2.24) is 0 Å². The molecular formula is C19H22ClNOS. The van der Waals surface area contributed by atoms with Gasteiger partial charge in [-0.3, -0.25) is 4.79 Å². The van der Waals surface area contributed by atoms with Gasteiger partial charge in [0.2, 0.25) is 0 Å². The van der Waals surface area contributed by atoms with Crippen molar-refractivity contribution >= 4 is 34.5 Å². The third-order valence-electron chi connectivity index (χ3n) is 4.71. The molecule has 1 aromatic heterocycles. The summed E-state index contributed by atoms with van der Waals surface area (Å²) in [6.07, 6.45) is 3.25. The summed E-state index contributed by atoms with van der Waals surface area (Å²) in [4.78, 5) is 14.0. The fourth-order valence-corrected chi connectivity index (χ4v) is 4.56. The Bertz CT molecular complexity index is 729. The van der Waals surface area contributed by atoms with E-state index < -0.39 is 0 Å². The Balaban J connectivity index is 1.78. The van der Waals surface area contributed by atoms with E-state index in [2.05, 4.69) is 26.1 Å². The Morgan fingerprint density at radius 3 is 2.83 bits per heavy atom. The fraction of sp³-hybridized carbons (Fsp3) is 0.421. The van der Waals surface area contributed by atoms with Crippen LogP contribution in [-0.4, -0.2) is 5.91 Å². The van der Waals surface area contributed by atoms with Gasteiger partial charge in [-0.15, -0.1) is 11.3 Å². The van der Waals surface area contributed by atoms with Gasteiger partial charge in [-0.25, -0.2) is 0 Å². The summed E-state index contributed by atoms with van der Waals surface area (Å²) >= 11 is 7.71. The summed E-state index contributed by atoms with van der Waals surface area (Å²) in [5.41, 5.74) is 3.14. The van der Waals surface area contributed by atoms with Crippen LogP contribution in [0.5, 0.6) is 0 Å². The Kier molecular flexibility index (Phi) is 4.52. The molecule has 1 N–H and O–H groups in total. The zero-order chi connectivity index (χ0) is 16.6. The molecule has 0 bridgehead atoms. The molecule has 0 radical (unpaired) electrons. The number of nitrogens with one attached hydrogen (secondary N) is 1. The Morgan fingerprint density at radius 2 is 2.13 bits per heavy atom. The van der Waals surface area contributed by atoms with Crippen molar-refractivity contribution in [3.8, 4) is 0 Å². The van der Waals surface area contributed by atoms with E-state index in [1.54, 1.807) is 23.5 Å². The van der Waals surface area contributed by atoms with Gasteiger partial charge in [0.25, 0.3) is 5.91 Å². The van der Waals surface area contributed by atoms with Gasteiger partial charge in [0.1, 0.15) is 0 Å². The van der Waals surface area contributed by atoms with Gasteiger partial charge in [-0.05, 0) is 54.4 Å². The normalized spacial score (nSPS) is 17.7. The maximum Gasteiger partial charge on any atom is 0.256 e. The first-order valence-corrected chi connectivity index (χ1v) is 9.26. The molecule has 0 saturated heterocycles. The van der Waals surface area contributed by atoms with Crippen LogP contribution in [-0.2, 0) is 12.8 Å². The number of carbonyl (C=O) groups is 1. The first-order valence-electron chi connectivity index (χ1n) is 8.01. The van der Waals surface area contributed by atoms with Gasteiger partial charge in [-0.1, -0.05) is 38.4 Å². The molecule has 3 rings (SSSR count). The van der Waals surface area contributed by atoms with Crippen molar-refractivity contribution in [2.45, 2.75) is 40.0 Å². The summed E-state index contributed by atoms with van der Waals surface area (Å²) in [6.45, 7) is 6.93. The molecule has 23 heavy (non-hydrogen) atoms. The number of hydrogen-bond donors (Lipinski definition) is 1. The van der Waals surface area contributed by atoms with E-state index in [0.717, 1.165) is 30.5 Å². The average molecular weight is 348 g/mol. The van der Waals surface area contributed by atoms with Crippen molar-refractivity contribution in [2.75, 3.05) is 5.32 Å². The van der Waals surface area contributed by atoms with E-state index in [4.69, 9.17) is 11.6 Å². The molecule has 1 atom stereocenters. The molecule has 1 aliphatic carbocycles. The summed E-state index contributed by atoms with van der Waals surface area (Å²) < 4.78 is 0. The van der Waals surface area contributed by atoms with Crippen LogP contribution in [0.25, 0.3) is 0 Å². The van der Waals surface area contributed by atoms with Gasteiger partial charge >= 0.3 is 0 Å². The summed E-state index contributed by atoms with van der Waals surface area (Å²) in [6, 6.07) is 7.28. The molecule has 0 saturated carbocycles. The number of thiophene rings is 1. The molecule has 0 spiro atoms. The lowest BCUT2D eigenvalue weighted by molar-refractivity contribution is 0.102. The lowest BCUT2D eigenvalue weighted by Crippen LogP contribution is -2.27. The molecule has 1 aromatic carbocycles. The molecule has 1 unspecified atom stereocenters. The number of anilines is 1. The monoisotopic (exact) mass is 347 g/mol. The van der Waals surface area contributed by atoms with Crippen LogP contribution >= 0.6 is 22.9 Å². The van der Waals surface area contributed by atoms with Crippen LogP contribution < -0.4 is 5.32 Å². The van der Waals surface area contributed by atoms with Crippen molar-refractivity contribution < 1.29 is 4.79 Å². The van der Waals surface area contributed by atoms with Gasteiger partial charge in [0.05, 0.1) is 5.56 Å². The van der Waals surface area contributed by atoms with Gasteiger partial charge in [-0.2, -0.15) is 0 Å². The van der Waals surface area contributed by atoms with E-state index in [1.807, 2.05) is 17.5 Å². The zero-order valence-corrected chi connectivity index (χ0v) is 15.4. The molecule has 2 aromatic rings. The summed E-state index contributed by atoms with van der Waals surface area (Å²) in [7, 11) is 0. The van der Waals surface area contributed by atoms with Crippen LogP contribution in [0.15, 0.2) is 29.6 Å². The molecular weight excluding hydrogens is 326 g/mol. The Morgan fingerprint density at radius 1 is 1.35 bits per heavy atom. The molecule has 1 amide bonds. The van der Waals surface area contributed by atoms with Crippen molar-refractivity contribution in [3.05, 3.63) is 50.7 Å². The second kappa shape index (κ2) is 6.29. The number of fused-ring (bicyclic) bond motifs is 1. The van der Waals surface area contributed by atoms with Gasteiger partial charge in [0.15, 0.2) is 0 Å². The van der Waals surface area contributed by atoms with Crippen LogP contribution in [0.2, 0.25) is 5.02 Å². The first kappa shape index (κ1) is 16.5. The van der Waals surface area contributed by atoms with Gasteiger partial charge < -0.3 is 5.32 Å². The molecule has 2 nitrogen and oxygen atoms in total. The predicted molar refractivity (Wildman–Crippen MR) is 98.7 cm³/mol. The molecule has 122 valence electrons. The minimum Gasteiger partial charge on any atom is -0.322 e. The van der Waals surface area contributed by atoms with E-state index in [0.29, 0.717) is 16.4 Å². The lowest BCUT2D eigenvalue weighted by Gasteiger charge is -2.34. The second-order valence-corrected chi connectivity index (χ2v) is 8.72. The van der Waals surface area contributed by atoms with E-state index >= 15 is 0 Å². The zero-order valence-electron chi connectivity index (χ0n) is 13.8. The highest BCUT2D eigenvalue weighted by Gasteiger charge is 2.31. The number of carbonyl (C=O) groups excluding carboxylic acids is 1. The summed E-state index contributed by atoms with van der Waals surface area (Å²) in [5, 5.41) is 5.60. The maximum atomic E-state index is 12.6. The highest BCUT2D eigenvalue weighted by Crippen LogP contribution is 2.40. The largest absolute Gasteiger partial charge is 0.322 e. The molecule has 0 fully saturated rings. The van der Waals surface area contributed by atoms with Crippen LogP contribution in [0.4, 0.5) is 5.69 Å². The molecule has 0 aliphatic heterocycles. The predicted octanol–water partition coefficient (Wildman–Crippen LogP) is 5.80. The Hall–Kier alpha value is -1.32. The van der Waals surface area contributed by atoms with Crippen LogP contribution in [0, 0.1) is 11.3 Å².